The van der Waals surface area contributed by atoms with E-state index in [1.54, 1.807) is 0 Å². The molecule has 9 rings (SSSR count). The number of phenols is 4. The molecule has 10 N–H and O–H groups in total. The minimum absolute atomic E-state index is 0.000880. The van der Waals surface area contributed by atoms with Gasteiger partial charge in [0.05, 0.1) is 22.6 Å². The van der Waals surface area contributed by atoms with Crippen LogP contribution in [0.2, 0.25) is 0 Å². The quantitative estimate of drug-likeness (QED) is 0.0608. The first-order valence-electron chi connectivity index (χ1n) is 27.5. The Morgan fingerprint density at radius 3 is 1.62 bits per heavy atom. The number of aromatic carboxylic acids is 1. The number of benzene rings is 4. The van der Waals surface area contributed by atoms with Crippen molar-refractivity contribution in [1.82, 2.24) is 14.3 Å². The number of phenolic OH excluding ortho intramolecular Hbond substituents is 4. The van der Waals surface area contributed by atoms with Gasteiger partial charge in [0, 0.05) is 47.2 Å². The lowest BCUT2D eigenvalue weighted by Crippen LogP contribution is -2.61. The fourth-order valence-corrected chi connectivity index (χ4v) is 17.6. The summed E-state index contributed by atoms with van der Waals surface area (Å²) in [7, 11) is -8.28. The summed E-state index contributed by atoms with van der Waals surface area (Å²) in [6.07, 6.45) is 7.59. The Labute approximate surface area is 478 Å². The molecule has 4 aromatic rings. The summed E-state index contributed by atoms with van der Waals surface area (Å²) in [5.74, 6) is -5.52. The molecule has 4 aliphatic carbocycles. The molecule has 0 radical (unpaired) electrons. The van der Waals surface area contributed by atoms with Crippen LogP contribution in [0.15, 0.2) is 94.7 Å². The van der Waals surface area contributed by atoms with Crippen molar-refractivity contribution in [2.45, 2.75) is 129 Å². The summed E-state index contributed by atoms with van der Waals surface area (Å²) in [6.45, 7) is 15.8. The molecule has 0 spiro atoms. The summed E-state index contributed by atoms with van der Waals surface area (Å²) in [6, 6.07) is 18.3. The van der Waals surface area contributed by atoms with Crippen LogP contribution in [0.4, 0.5) is 0 Å². The SMILES string of the molecule is C[C@@H]1[C@H](N)C[C@H]2C(C)(C)CCC[C@]2(C)[C@H]1C(=O)c1cc(O)cc(O)c1.C[C@@H]1[C@H](NC(=O)CNS(=O)(=O)c2ccccc2C(=O)O)C[C@H]2C(C)(C)CCC[C@]2(C)[C@H]1C(=O)c1cc(O)cc(O)c1.O=C(O)CN1C(=O)c2ccccc2S1(=O)=O. The minimum atomic E-state index is -4.29. The van der Waals surface area contributed by atoms with Crippen LogP contribution in [0.25, 0.3) is 0 Å². The largest absolute Gasteiger partial charge is 0.508 e. The van der Waals surface area contributed by atoms with E-state index in [2.05, 4.69) is 58.5 Å². The van der Waals surface area contributed by atoms with E-state index >= 15 is 0 Å². The van der Waals surface area contributed by atoms with Crippen LogP contribution in [0.1, 0.15) is 148 Å². The molecule has 1 aliphatic heterocycles. The van der Waals surface area contributed by atoms with Crippen molar-refractivity contribution in [2.75, 3.05) is 13.1 Å². The number of fused-ring (bicyclic) bond motifs is 3. The molecule has 444 valence electrons. The molecule has 4 fully saturated rings. The van der Waals surface area contributed by atoms with Gasteiger partial charge in [0.1, 0.15) is 34.4 Å². The van der Waals surface area contributed by atoms with E-state index in [0.29, 0.717) is 22.2 Å². The highest BCUT2D eigenvalue weighted by atomic mass is 32.2. The van der Waals surface area contributed by atoms with E-state index in [9.17, 15) is 71.1 Å². The molecule has 82 heavy (non-hydrogen) atoms. The van der Waals surface area contributed by atoms with Crippen LogP contribution in [-0.4, -0.2) is 112 Å². The van der Waals surface area contributed by atoms with E-state index in [1.807, 2.05) is 6.92 Å². The highest BCUT2D eigenvalue weighted by Crippen LogP contribution is 2.63. The van der Waals surface area contributed by atoms with E-state index < -0.39 is 84.7 Å². The second kappa shape index (κ2) is 23.4. The number of Topliss-reactive ketones (excluding diaryl/α,β-unsaturated/α-hetero) is 2. The molecule has 22 heteroatoms. The van der Waals surface area contributed by atoms with Gasteiger partial charge in [0.25, 0.3) is 15.9 Å². The standard InChI is InChI=1S/C30H38N2O8S.C21H31NO3.C9H7NO5S/c1-17-22(32-25(35)16-31-41(39,40)23-9-6-5-8-21(23)28(37)38)15-24-29(2,3)10-7-11-30(24,4)26(17)27(36)18-12-19(33)14-20(34)13-18;1-12-16(22)11-17-20(2,3)6-5-7-21(17,4)18(12)19(25)13-8-14(23)10-15(24)9-13;11-8(12)5-10-9(13)6-3-1-2-4-7(6)16(10,14)15/h5-6,8-9,12-14,17,22,24,26,31,33-34H,7,10-11,15-16H2,1-4H3,(H,32,35)(H,37,38);8-10,12,16-18,23-24H,5-7,11,22H2,1-4H3;1-4H,5H2,(H,11,12)/t17-,22-,24+,26-,30+;12-,16-,17+,18-,21+;/m11./s1. The van der Waals surface area contributed by atoms with Crippen molar-refractivity contribution in [3.05, 3.63) is 107 Å². The highest BCUT2D eigenvalue weighted by molar-refractivity contribution is 7.90. The lowest BCUT2D eigenvalue weighted by Gasteiger charge is -2.60. The number of hydrogen-bond donors (Lipinski definition) is 9. The first-order chi connectivity index (χ1) is 38.1. The Balaban J connectivity index is 0.000000198. The number of aliphatic carboxylic acids is 1. The Bertz CT molecular complexity index is 3360. The number of ketones is 2. The van der Waals surface area contributed by atoms with Crippen LogP contribution < -0.4 is 15.8 Å². The second-order valence-corrected chi connectivity index (χ2v) is 28.4. The van der Waals surface area contributed by atoms with Crippen molar-refractivity contribution >= 4 is 55.4 Å². The summed E-state index contributed by atoms with van der Waals surface area (Å²) in [5.41, 5.74) is 6.21. The maximum atomic E-state index is 14.0. The maximum absolute atomic E-state index is 14.0. The topological polar surface area (TPSA) is 345 Å². The van der Waals surface area contributed by atoms with Gasteiger partial charge in [-0.25, -0.2) is 30.7 Å². The first-order valence-corrected chi connectivity index (χ1v) is 30.4. The highest BCUT2D eigenvalue weighted by Gasteiger charge is 2.60. The average molecular weight is 1170 g/mol. The number of hydrogen-bond acceptors (Lipinski definition) is 15. The predicted octanol–water partition coefficient (Wildman–Crippen LogP) is 7.94. The van der Waals surface area contributed by atoms with Gasteiger partial charge in [-0.15, -0.1) is 0 Å². The molecule has 0 unspecified atom stereocenters. The molecule has 5 aliphatic rings. The van der Waals surface area contributed by atoms with Crippen LogP contribution in [-0.2, 0) is 29.6 Å². The summed E-state index contributed by atoms with van der Waals surface area (Å²) in [5, 5.41) is 60.6. The second-order valence-electron chi connectivity index (χ2n) is 24.8. The fraction of sp³-hybridized carbons (Fsp3) is 0.500. The summed E-state index contributed by atoms with van der Waals surface area (Å²) >= 11 is 0. The number of carboxylic acid groups (broad SMARTS) is 2. The molecular formula is C60H76N4O16S2. The lowest BCUT2D eigenvalue weighted by molar-refractivity contribution is -0.136. The molecule has 0 saturated heterocycles. The van der Waals surface area contributed by atoms with Gasteiger partial charge in [-0.3, -0.25) is 24.0 Å². The number of carboxylic acids is 2. The Hall–Kier alpha value is -6.88. The van der Waals surface area contributed by atoms with Crippen molar-refractivity contribution in [2.24, 2.45) is 62.9 Å². The molecule has 10 atom stereocenters. The minimum Gasteiger partial charge on any atom is -0.508 e. The van der Waals surface area contributed by atoms with E-state index in [-0.39, 0.29) is 96.5 Å². The Morgan fingerprint density at radius 2 is 1.13 bits per heavy atom. The smallest absolute Gasteiger partial charge is 0.337 e. The normalized spacial score (nSPS) is 28.5. The van der Waals surface area contributed by atoms with E-state index in [1.165, 1.54) is 79.2 Å². The summed E-state index contributed by atoms with van der Waals surface area (Å²) in [4.78, 5) is 73.6. The predicted molar refractivity (Wildman–Crippen MR) is 302 cm³/mol. The van der Waals surface area contributed by atoms with Gasteiger partial charge < -0.3 is 41.7 Å². The van der Waals surface area contributed by atoms with Crippen molar-refractivity contribution in [1.29, 1.82) is 0 Å². The van der Waals surface area contributed by atoms with E-state index in [0.717, 1.165) is 50.7 Å². The zero-order chi connectivity index (χ0) is 60.8. The van der Waals surface area contributed by atoms with Gasteiger partial charge in [-0.05, 0) is 132 Å². The molecular weight excluding hydrogens is 1100 g/mol. The van der Waals surface area contributed by atoms with E-state index in [4.69, 9.17) is 10.8 Å². The molecule has 0 aromatic heterocycles. The molecule has 4 aromatic carbocycles. The molecule has 4 saturated carbocycles. The van der Waals surface area contributed by atoms with Gasteiger partial charge in [0.2, 0.25) is 15.9 Å². The van der Waals surface area contributed by atoms with Crippen molar-refractivity contribution in [3.8, 4) is 23.0 Å². The number of nitrogens with two attached hydrogens (primary N) is 1. The number of aromatic hydroxyl groups is 4. The third-order valence-electron chi connectivity index (χ3n) is 18.6. The first kappa shape index (κ1) is 62.7. The molecule has 20 nitrogen and oxygen atoms in total. The maximum Gasteiger partial charge on any atom is 0.337 e. The van der Waals surface area contributed by atoms with Crippen molar-refractivity contribution < 1.29 is 76.2 Å². The van der Waals surface area contributed by atoms with Crippen molar-refractivity contribution in [3.63, 3.8) is 0 Å². The number of rotatable bonds is 12. The van der Waals surface area contributed by atoms with Crippen LogP contribution >= 0.6 is 0 Å². The van der Waals surface area contributed by atoms with Gasteiger partial charge in [-0.1, -0.05) is 92.5 Å². The average Bonchev–Trinajstić information content (AvgIpc) is 3.65. The number of carbonyl (C=O) groups is 6. The van der Waals surface area contributed by atoms with Gasteiger partial charge >= 0.3 is 11.9 Å². The molecule has 2 amide bonds. The number of amides is 2. The Kier molecular flexibility index (Phi) is 17.9. The zero-order valence-electron chi connectivity index (χ0n) is 47.4. The van der Waals surface area contributed by atoms with Crippen LogP contribution in [0.3, 0.4) is 0 Å². The summed E-state index contributed by atoms with van der Waals surface area (Å²) < 4.78 is 51.8. The number of carbonyl (C=O) groups excluding carboxylic acids is 4. The molecule has 1 heterocycles. The van der Waals surface area contributed by atoms with Crippen LogP contribution in [0, 0.1) is 57.2 Å². The number of nitrogens with zero attached hydrogens (tertiary/aromatic N) is 1. The molecule has 0 bridgehead atoms. The van der Waals surface area contributed by atoms with Gasteiger partial charge in [-0.2, -0.15) is 0 Å². The third kappa shape index (κ3) is 12.4. The number of nitrogens with one attached hydrogen (secondary N) is 2. The van der Waals surface area contributed by atoms with Crippen LogP contribution in [0.5, 0.6) is 23.0 Å². The fourth-order valence-electron chi connectivity index (χ4n) is 14.9. The monoisotopic (exact) mass is 1170 g/mol. The third-order valence-corrected chi connectivity index (χ3v) is 21.9. The lowest BCUT2D eigenvalue weighted by atomic mass is 9.45. The zero-order valence-corrected chi connectivity index (χ0v) is 49.0. The van der Waals surface area contributed by atoms with Gasteiger partial charge in [0.15, 0.2) is 11.6 Å². The number of sulfonamides is 2. The Morgan fingerprint density at radius 1 is 0.671 bits per heavy atom.